The number of carbonyl (C=O) groups is 1. The molecular weight excluding hydrogens is 466 g/mol. The summed E-state index contributed by atoms with van der Waals surface area (Å²) in [7, 11) is 0. The number of ether oxygens (including phenoxy) is 2. The number of anilines is 2. The van der Waals surface area contributed by atoms with Crippen LogP contribution in [0.4, 0.5) is 11.4 Å². The highest BCUT2D eigenvalue weighted by molar-refractivity contribution is 7.13. The molecule has 1 saturated heterocycles. The molecule has 35 heavy (non-hydrogen) atoms. The number of amides is 1. The van der Waals surface area contributed by atoms with Crippen LogP contribution < -0.4 is 10.6 Å². The Morgan fingerprint density at radius 3 is 2.71 bits per heavy atom. The molecule has 4 aromatic rings. The SMILES string of the molecule is N=Cc1cc(NC(=O)c2csc(-c3ccncc3)n2)c(-c2ccoc2)cc1NCCC1OCCO1. The lowest BCUT2D eigenvalue weighted by Crippen LogP contribution is -2.16. The van der Waals surface area contributed by atoms with Gasteiger partial charge in [-0.05, 0) is 30.3 Å². The van der Waals surface area contributed by atoms with E-state index < -0.39 is 0 Å². The molecule has 3 N–H and O–H groups in total. The monoisotopic (exact) mass is 489 g/mol. The molecule has 0 aliphatic carbocycles. The molecule has 4 heterocycles. The van der Waals surface area contributed by atoms with E-state index in [2.05, 4.69) is 20.6 Å². The van der Waals surface area contributed by atoms with Crippen LogP contribution in [0, 0.1) is 5.41 Å². The Morgan fingerprint density at radius 1 is 1.14 bits per heavy atom. The van der Waals surface area contributed by atoms with E-state index in [9.17, 15) is 4.79 Å². The van der Waals surface area contributed by atoms with Crippen LogP contribution in [-0.4, -0.2) is 48.1 Å². The predicted octanol–water partition coefficient (Wildman–Crippen LogP) is 4.89. The summed E-state index contributed by atoms with van der Waals surface area (Å²) >= 11 is 1.39. The smallest absolute Gasteiger partial charge is 0.275 e. The number of furan rings is 1. The van der Waals surface area contributed by atoms with E-state index in [1.54, 1.807) is 36.4 Å². The summed E-state index contributed by atoms with van der Waals surface area (Å²) in [5, 5.41) is 16.7. The number of hydrogen-bond acceptors (Lipinski definition) is 9. The first-order valence-corrected chi connectivity index (χ1v) is 11.9. The molecule has 9 nitrogen and oxygen atoms in total. The lowest BCUT2D eigenvalue weighted by Gasteiger charge is -2.17. The first kappa shape index (κ1) is 22.9. The minimum Gasteiger partial charge on any atom is -0.472 e. The highest BCUT2D eigenvalue weighted by Gasteiger charge is 2.18. The van der Waals surface area contributed by atoms with Gasteiger partial charge in [-0.1, -0.05) is 0 Å². The number of hydrogen-bond donors (Lipinski definition) is 3. The van der Waals surface area contributed by atoms with Gasteiger partial charge in [-0.2, -0.15) is 0 Å². The summed E-state index contributed by atoms with van der Waals surface area (Å²) in [4.78, 5) is 21.6. The summed E-state index contributed by atoms with van der Waals surface area (Å²) in [5.41, 5.74) is 4.74. The molecule has 1 aromatic carbocycles. The fraction of sp³-hybridized carbons (Fsp3) is 0.200. The van der Waals surface area contributed by atoms with Gasteiger partial charge in [0.1, 0.15) is 10.7 Å². The second-order valence-electron chi connectivity index (χ2n) is 7.76. The third-order valence-electron chi connectivity index (χ3n) is 5.48. The molecule has 0 unspecified atom stereocenters. The average Bonchev–Trinajstić information content (AvgIpc) is 3.68. The quantitative estimate of drug-likeness (QED) is 0.286. The maximum atomic E-state index is 13.1. The first-order chi connectivity index (χ1) is 17.2. The van der Waals surface area contributed by atoms with Crippen molar-refractivity contribution in [2.75, 3.05) is 30.4 Å². The van der Waals surface area contributed by atoms with Crippen molar-refractivity contribution in [2.45, 2.75) is 12.7 Å². The Hall–Kier alpha value is -3.86. The van der Waals surface area contributed by atoms with Crippen molar-refractivity contribution in [1.29, 1.82) is 5.41 Å². The standard InChI is InChI=1S/C25H23N5O4S/c26-13-18-11-21(29-24(31)22-15-35-25(30-22)16-1-5-27-6-2-16)19(17-4-8-32-14-17)12-20(18)28-7-3-23-33-9-10-34-23/h1-2,4-6,8,11-15,23,26,28H,3,7,9-10H2,(H,29,31). The van der Waals surface area contributed by atoms with Crippen LogP contribution >= 0.6 is 11.3 Å². The maximum Gasteiger partial charge on any atom is 0.275 e. The number of aromatic nitrogens is 2. The largest absolute Gasteiger partial charge is 0.472 e. The van der Waals surface area contributed by atoms with Gasteiger partial charge in [0, 0.05) is 70.6 Å². The van der Waals surface area contributed by atoms with E-state index in [1.165, 1.54) is 17.6 Å². The van der Waals surface area contributed by atoms with Gasteiger partial charge in [-0.3, -0.25) is 9.78 Å². The van der Waals surface area contributed by atoms with Gasteiger partial charge in [-0.25, -0.2) is 4.98 Å². The van der Waals surface area contributed by atoms with E-state index in [0.29, 0.717) is 43.1 Å². The molecule has 0 radical (unpaired) electrons. The van der Waals surface area contributed by atoms with E-state index in [-0.39, 0.29) is 12.2 Å². The lowest BCUT2D eigenvalue weighted by atomic mass is 10.0. The zero-order valence-corrected chi connectivity index (χ0v) is 19.5. The Morgan fingerprint density at radius 2 is 1.97 bits per heavy atom. The van der Waals surface area contributed by atoms with Gasteiger partial charge >= 0.3 is 0 Å². The van der Waals surface area contributed by atoms with Crippen molar-refractivity contribution < 1.29 is 18.7 Å². The van der Waals surface area contributed by atoms with Crippen LogP contribution in [0.15, 0.2) is 65.0 Å². The second-order valence-corrected chi connectivity index (χ2v) is 8.61. The molecular formula is C25H23N5O4S. The molecule has 5 rings (SSSR count). The van der Waals surface area contributed by atoms with Crippen LogP contribution in [0.25, 0.3) is 21.7 Å². The Labute approximate surface area is 205 Å². The van der Waals surface area contributed by atoms with Crippen LogP contribution in [0.5, 0.6) is 0 Å². The molecule has 0 atom stereocenters. The highest BCUT2D eigenvalue weighted by atomic mass is 32.1. The highest BCUT2D eigenvalue weighted by Crippen LogP contribution is 2.34. The fourth-order valence-electron chi connectivity index (χ4n) is 3.74. The van der Waals surface area contributed by atoms with E-state index in [4.69, 9.17) is 19.3 Å². The Kier molecular flexibility index (Phi) is 6.94. The van der Waals surface area contributed by atoms with E-state index in [1.807, 2.05) is 24.3 Å². The van der Waals surface area contributed by atoms with Crippen LogP contribution in [0.1, 0.15) is 22.5 Å². The van der Waals surface area contributed by atoms with Gasteiger partial charge in [-0.15, -0.1) is 11.3 Å². The average molecular weight is 490 g/mol. The third kappa shape index (κ3) is 5.29. The molecule has 1 fully saturated rings. The summed E-state index contributed by atoms with van der Waals surface area (Å²) in [6, 6.07) is 9.20. The predicted molar refractivity (Wildman–Crippen MR) is 134 cm³/mol. The number of nitrogens with zero attached hydrogens (tertiary/aromatic N) is 2. The van der Waals surface area contributed by atoms with Gasteiger partial charge in [0.25, 0.3) is 5.91 Å². The number of benzene rings is 1. The molecule has 178 valence electrons. The lowest BCUT2D eigenvalue weighted by molar-refractivity contribution is -0.0439. The molecule has 3 aromatic heterocycles. The van der Waals surface area contributed by atoms with Crippen molar-refractivity contribution in [3.8, 4) is 21.7 Å². The third-order valence-corrected chi connectivity index (χ3v) is 6.37. The summed E-state index contributed by atoms with van der Waals surface area (Å²) < 4.78 is 16.3. The van der Waals surface area contributed by atoms with Crippen LogP contribution in [0.2, 0.25) is 0 Å². The summed E-state index contributed by atoms with van der Waals surface area (Å²) in [6.07, 6.45) is 8.29. The van der Waals surface area contributed by atoms with Gasteiger partial charge in [0.2, 0.25) is 0 Å². The maximum absolute atomic E-state index is 13.1. The Balaban J connectivity index is 1.39. The molecule has 1 amide bonds. The zero-order chi connectivity index (χ0) is 24.0. The molecule has 1 aliphatic rings. The van der Waals surface area contributed by atoms with E-state index in [0.717, 1.165) is 27.4 Å². The summed E-state index contributed by atoms with van der Waals surface area (Å²) in [6.45, 7) is 1.83. The van der Waals surface area contributed by atoms with Gasteiger partial charge in [0.05, 0.1) is 25.7 Å². The van der Waals surface area contributed by atoms with Crippen molar-refractivity contribution in [2.24, 2.45) is 0 Å². The molecule has 0 spiro atoms. The van der Waals surface area contributed by atoms with Crippen LogP contribution in [0.3, 0.4) is 0 Å². The normalized spacial score (nSPS) is 13.6. The fourth-order valence-corrected chi connectivity index (χ4v) is 4.55. The van der Waals surface area contributed by atoms with Crippen molar-refractivity contribution in [3.63, 3.8) is 0 Å². The van der Waals surface area contributed by atoms with Gasteiger partial charge in [0.15, 0.2) is 6.29 Å². The number of rotatable bonds is 9. The Bertz CT molecular complexity index is 1300. The zero-order valence-electron chi connectivity index (χ0n) is 18.7. The number of carbonyl (C=O) groups excluding carboxylic acids is 1. The summed E-state index contributed by atoms with van der Waals surface area (Å²) in [5.74, 6) is -0.335. The molecule has 1 aliphatic heterocycles. The topological polar surface area (TPSA) is 122 Å². The first-order valence-electron chi connectivity index (χ1n) is 11.1. The molecule has 0 bridgehead atoms. The number of nitrogens with one attached hydrogen (secondary N) is 3. The number of pyridine rings is 1. The van der Waals surface area contributed by atoms with Gasteiger partial charge < -0.3 is 29.9 Å². The van der Waals surface area contributed by atoms with Crippen molar-refractivity contribution in [3.05, 3.63) is 71.9 Å². The second kappa shape index (κ2) is 10.6. The minimum atomic E-state index is -0.335. The minimum absolute atomic E-state index is 0.215. The number of thiazole rings is 1. The van der Waals surface area contributed by atoms with Crippen molar-refractivity contribution >= 4 is 34.8 Å². The molecule has 0 saturated carbocycles. The van der Waals surface area contributed by atoms with E-state index >= 15 is 0 Å². The molecule has 10 heteroatoms. The van der Waals surface area contributed by atoms with Crippen LogP contribution in [-0.2, 0) is 9.47 Å². The van der Waals surface area contributed by atoms with Crippen molar-refractivity contribution in [1.82, 2.24) is 9.97 Å².